The quantitative estimate of drug-likeness (QED) is 0.737. The summed E-state index contributed by atoms with van der Waals surface area (Å²) in [4.78, 5) is 13.3. The Labute approximate surface area is 150 Å². The number of aryl methyl sites for hydroxylation is 1. The molecule has 0 saturated heterocycles. The first-order valence-electron chi connectivity index (χ1n) is 7.51. The fourth-order valence-corrected chi connectivity index (χ4v) is 3.64. The van der Waals surface area contributed by atoms with Gasteiger partial charge in [0.2, 0.25) is 5.91 Å². The van der Waals surface area contributed by atoms with Gasteiger partial charge in [-0.3, -0.25) is 4.79 Å². The molecule has 0 aliphatic carbocycles. The number of carbonyl (C=O) groups is 1. The number of thioether (sulfide) groups is 1. The third kappa shape index (κ3) is 5.11. The number of halogens is 1. The van der Waals surface area contributed by atoms with Crippen LogP contribution in [0.3, 0.4) is 0 Å². The highest BCUT2D eigenvalue weighted by atomic mass is 79.9. The van der Waals surface area contributed by atoms with Crippen LogP contribution in [0.15, 0.2) is 39.7 Å². The Kier molecular flexibility index (Phi) is 5.92. The lowest BCUT2D eigenvalue weighted by atomic mass is 10.1. The molecule has 0 aliphatic heterocycles. The van der Waals surface area contributed by atoms with Gasteiger partial charge in [-0.15, -0.1) is 11.8 Å². The number of aromatic nitrogens is 2. The van der Waals surface area contributed by atoms with E-state index in [1.165, 1.54) is 0 Å². The fourth-order valence-electron chi connectivity index (χ4n) is 2.12. The van der Waals surface area contributed by atoms with Crippen LogP contribution in [-0.4, -0.2) is 21.4 Å². The first-order chi connectivity index (χ1) is 10.8. The third-order valence-electron chi connectivity index (χ3n) is 3.16. The number of hydrogen-bond donors (Lipinski definition) is 1. The van der Waals surface area contributed by atoms with E-state index in [2.05, 4.69) is 47.1 Å². The molecule has 1 aromatic heterocycles. The van der Waals surface area contributed by atoms with Crippen molar-refractivity contribution in [3.63, 3.8) is 0 Å². The Hall–Kier alpha value is -1.27. The monoisotopic (exact) mass is 395 g/mol. The van der Waals surface area contributed by atoms with E-state index in [0.29, 0.717) is 6.42 Å². The Balaban J connectivity index is 1.92. The van der Waals surface area contributed by atoms with Crippen LogP contribution in [0.25, 0.3) is 0 Å². The minimum absolute atomic E-state index is 0.00922. The van der Waals surface area contributed by atoms with Crippen molar-refractivity contribution in [1.29, 1.82) is 0 Å². The Morgan fingerprint density at radius 3 is 2.70 bits per heavy atom. The lowest BCUT2D eigenvalue weighted by molar-refractivity contribution is -0.115. The maximum absolute atomic E-state index is 12.2. The van der Waals surface area contributed by atoms with Crippen LogP contribution >= 0.6 is 27.7 Å². The molecule has 124 valence electrons. The minimum atomic E-state index is -0.166. The summed E-state index contributed by atoms with van der Waals surface area (Å²) >= 11 is 5.19. The van der Waals surface area contributed by atoms with Gasteiger partial charge in [0.15, 0.2) is 0 Å². The highest BCUT2D eigenvalue weighted by Gasteiger charge is 2.19. The van der Waals surface area contributed by atoms with Crippen LogP contribution in [0.4, 0.5) is 5.82 Å². The van der Waals surface area contributed by atoms with E-state index >= 15 is 0 Å². The van der Waals surface area contributed by atoms with Crippen LogP contribution in [0.5, 0.6) is 0 Å². The molecule has 1 N–H and O–H groups in total. The molecule has 0 aliphatic rings. The number of rotatable bonds is 5. The van der Waals surface area contributed by atoms with Gasteiger partial charge in [0.25, 0.3) is 0 Å². The maximum atomic E-state index is 12.2. The molecule has 1 heterocycles. The minimum Gasteiger partial charge on any atom is -0.311 e. The Morgan fingerprint density at radius 1 is 1.35 bits per heavy atom. The zero-order valence-corrected chi connectivity index (χ0v) is 16.3. The molecule has 2 aromatic rings. The SMILES string of the molecule is Cc1cc(NC(=O)CCSc2ccccc2Br)n(C(C)(C)C)n1. The molecular formula is C17H22BrN3OS. The predicted octanol–water partition coefficient (Wildman–Crippen LogP) is 4.83. The second-order valence-electron chi connectivity index (χ2n) is 6.33. The maximum Gasteiger partial charge on any atom is 0.226 e. The van der Waals surface area contributed by atoms with Gasteiger partial charge in [-0.25, -0.2) is 4.68 Å². The van der Waals surface area contributed by atoms with Crippen LogP contribution in [0, 0.1) is 6.92 Å². The van der Waals surface area contributed by atoms with Crippen LogP contribution < -0.4 is 5.32 Å². The van der Waals surface area contributed by atoms with Gasteiger partial charge in [0, 0.05) is 27.6 Å². The second kappa shape index (κ2) is 7.53. The molecule has 0 spiro atoms. The van der Waals surface area contributed by atoms with E-state index in [1.54, 1.807) is 11.8 Å². The van der Waals surface area contributed by atoms with Crippen LogP contribution in [0.1, 0.15) is 32.9 Å². The first-order valence-corrected chi connectivity index (χ1v) is 9.29. The number of anilines is 1. The van der Waals surface area contributed by atoms with Crippen LogP contribution in [-0.2, 0) is 10.3 Å². The van der Waals surface area contributed by atoms with Crippen molar-refractivity contribution in [3.05, 3.63) is 40.5 Å². The molecule has 6 heteroatoms. The highest BCUT2D eigenvalue weighted by molar-refractivity contribution is 9.10. The molecular weight excluding hydrogens is 374 g/mol. The summed E-state index contributed by atoms with van der Waals surface area (Å²) < 4.78 is 2.92. The number of hydrogen-bond acceptors (Lipinski definition) is 3. The van der Waals surface area contributed by atoms with Crippen molar-refractivity contribution in [2.24, 2.45) is 0 Å². The molecule has 0 atom stereocenters. The fraction of sp³-hybridized carbons (Fsp3) is 0.412. The summed E-state index contributed by atoms with van der Waals surface area (Å²) in [5, 5.41) is 7.44. The topological polar surface area (TPSA) is 46.9 Å². The number of nitrogens with one attached hydrogen (secondary N) is 1. The Bertz CT molecular complexity index is 691. The number of amides is 1. The van der Waals surface area contributed by atoms with Crippen molar-refractivity contribution in [2.75, 3.05) is 11.1 Å². The summed E-state index contributed by atoms with van der Waals surface area (Å²) in [5.74, 6) is 1.50. The smallest absolute Gasteiger partial charge is 0.226 e. The molecule has 23 heavy (non-hydrogen) atoms. The van der Waals surface area contributed by atoms with Gasteiger partial charge >= 0.3 is 0 Å². The van der Waals surface area contributed by atoms with Gasteiger partial charge in [-0.1, -0.05) is 12.1 Å². The molecule has 2 rings (SSSR count). The Morgan fingerprint density at radius 2 is 2.04 bits per heavy atom. The number of nitrogens with zero attached hydrogens (tertiary/aromatic N) is 2. The molecule has 0 unspecified atom stereocenters. The molecule has 1 aromatic carbocycles. The molecule has 0 bridgehead atoms. The summed E-state index contributed by atoms with van der Waals surface area (Å²) in [6, 6.07) is 9.94. The van der Waals surface area contributed by atoms with E-state index in [0.717, 1.165) is 26.6 Å². The van der Waals surface area contributed by atoms with E-state index in [1.807, 2.05) is 41.9 Å². The van der Waals surface area contributed by atoms with E-state index in [4.69, 9.17) is 0 Å². The predicted molar refractivity (Wildman–Crippen MR) is 100 cm³/mol. The number of benzene rings is 1. The highest BCUT2D eigenvalue weighted by Crippen LogP contribution is 2.27. The zero-order chi connectivity index (χ0) is 17.0. The van der Waals surface area contributed by atoms with Crippen molar-refractivity contribution in [2.45, 2.75) is 44.6 Å². The van der Waals surface area contributed by atoms with Crippen molar-refractivity contribution in [1.82, 2.24) is 9.78 Å². The van der Waals surface area contributed by atoms with Gasteiger partial charge < -0.3 is 5.32 Å². The average Bonchev–Trinajstić information content (AvgIpc) is 2.82. The van der Waals surface area contributed by atoms with E-state index < -0.39 is 0 Å². The summed E-state index contributed by atoms with van der Waals surface area (Å²) in [6.45, 7) is 8.13. The van der Waals surface area contributed by atoms with E-state index in [-0.39, 0.29) is 11.4 Å². The summed E-state index contributed by atoms with van der Waals surface area (Å²) in [6.07, 6.45) is 0.459. The lowest BCUT2D eigenvalue weighted by Crippen LogP contribution is -2.26. The van der Waals surface area contributed by atoms with Gasteiger partial charge in [0.1, 0.15) is 5.82 Å². The lowest BCUT2D eigenvalue weighted by Gasteiger charge is -2.22. The van der Waals surface area contributed by atoms with E-state index in [9.17, 15) is 4.79 Å². The second-order valence-corrected chi connectivity index (χ2v) is 8.32. The van der Waals surface area contributed by atoms with Gasteiger partial charge in [-0.05, 0) is 55.8 Å². The summed E-state index contributed by atoms with van der Waals surface area (Å²) in [7, 11) is 0. The molecule has 4 nitrogen and oxygen atoms in total. The standard InChI is InChI=1S/C17H22BrN3OS/c1-12-11-15(21(20-12)17(2,3)4)19-16(22)9-10-23-14-8-6-5-7-13(14)18/h5-8,11H,9-10H2,1-4H3,(H,19,22). The molecule has 0 fully saturated rings. The largest absolute Gasteiger partial charge is 0.311 e. The normalized spacial score (nSPS) is 11.5. The molecule has 0 saturated carbocycles. The van der Waals surface area contributed by atoms with Crippen molar-refractivity contribution in [3.8, 4) is 0 Å². The molecule has 1 amide bonds. The van der Waals surface area contributed by atoms with Gasteiger partial charge in [-0.2, -0.15) is 5.10 Å². The average molecular weight is 396 g/mol. The molecule has 0 radical (unpaired) electrons. The van der Waals surface area contributed by atoms with Crippen LogP contribution in [0.2, 0.25) is 0 Å². The zero-order valence-electron chi connectivity index (χ0n) is 13.9. The summed E-state index contributed by atoms with van der Waals surface area (Å²) in [5.41, 5.74) is 0.735. The third-order valence-corrected chi connectivity index (χ3v) is 5.19. The van der Waals surface area contributed by atoms with Gasteiger partial charge in [0.05, 0.1) is 11.2 Å². The van der Waals surface area contributed by atoms with Crippen molar-refractivity contribution < 1.29 is 4.79 Å². The van der Waals surface area contributed by atoms with Crippen molar-refractivity contribution >= 4 is 39.4 Å². The first kappa shape index (κ1) is 18.1. The number of carbonyl (C=O) groups excluding carboxylic acids is 1.